The van der Waals surface area contributed by atoms with Crippen LogP contribution in [0.3, 0.4) is 0 Å². The van der Waals surface area contributed by atoms with Crippen molar-refractivity contribution in [2.75, 3.05) is 22.5 Å². The molecular formula is C26H25ClFN7O2. The monoisotopic (exact) mass is 521 g/mol. The SMILES string of the molecule is CC1(C)CCC(=O)Nc2ccc(Nc3ncc(Cl)c(Nc4c(F)cccc4C(=O)NCCC#N)n3)cc21. The van der Waals surface area contributed by atoms with Crippen molar-refractivity contribution in [2.45, 2.75) is 38.5 Å². The summed E-state index contributed by atoms with van der Waals surface area (Å²) >= 11 is 6.29. The van der Waals surface area contributed by atoms with Gasteiger partial charge in [-0.3, -0.25) is 9.59 Å². The molecule has 4 N–H and O–H groups in total. The fourth-order valence-electron chi connectivity index (χ4n) is 3.99. The number of amides is 2. The molecule has 0 atom stereocenters. The molecule has 37 heavy (non-hydrogen) atoms. The maximum Gasteiger partial charge on any atom is 0.253 e. The van der Waals surface area contributed by atoms with Gasteiger partial charge in [0.15, 0.2) is 5.82 Å². The van der Waals surface area contributed by atoms with Gasteiger partial charge in [-0.15, -0.1) is 0 Å². The summed E-state index contributed by atoms with van der Waals surface area (Å²) in [5.41, 5.74) is 2.14. The van der Waals surface area contributed by atoms with E-state index >= 15 is 0 Å². The second kappa shape index (κ2) is 10.8. The molecule has 190 valence electrons. The van der Waals surface area contributed by atoms with Gasteiger partial charge >= 0.3 is 0 Å². The van der Waals surface area contributed by atoms with Gasteiger partial charge < -0.3 is 21.3 Å². The molecule has 9 nitrogen and oxygen atoms in total. The Balaban J connectivity index is 1.60. The van der Waals surface area contributed by atoms with Gasteiger partial charge in [0.25, 0.3) is 5.91 Å². The summed E-state index contributed by atoms with van der Waals surface area (Å²) in [6, 6.07) is 11.6. The van der Waals surface area contributed by atoms with Gasteiger partial charge in [0.2, 0.25) is 11.9 Å². The number of carbonyl (C=O) groups is 2. The van der Waals surface area contributed by atoms with Crippen molar-refractivity contribution in [1.29, 1.82) is 5.26 Å². The molecule has 2 amide bonds. The van der Waals surface area contributed by atoms with E-state index in [-0.39, 0.29) is 52.3 Å². The van der Waals surface area contributed by atoms with Crippen molar-refractivity contribution >= 4 is 52.2 Å². The maximum absolute atomic E-state index is 14.7. The van der Waals surface area contributed by atoms with E-state index in [0.29, 0.717) is 18.5 Å². The molecule has 2 aromatic carbocycles. The minimum absolute atomic E-state index is 0.0180. The molecule has 2 heterocycles. The number of aromatic nitrogens is 2. The molecule has 0 saturated heterocycles. The van der Waals surface area contributed by atoms with Gasteiger partial charge in [0.1, 0.15) is 10.8 Å². The van der Waals surface area contributed by atoms with E-state index in [1.165, 1.54) is 24.4 Å². The third-order valence-electron chi connectivity index (χ3n) is 6.02. The normalized spacial score (nSPS) is 14.0. The van der Waals surface area contributed by atoms with Crippen molar-refractivity contribution < 1.29 is 14.0 Å². The highest BCUT2D eigenvalue weighted by Gasteiger charge is 2.29. The maximum atomic E-state index is 14.7. The lowest BCUT2D eigenvalue weighted by molar-refractivity contribution is -0.116. The van der Waals surface area contributed by atoms with Crippen molar-refractivity contribution in [3.05, 3.63) is 64.6 Å². The molecule has 0 spiro atoms. The molecule has 0 unspecified atom stereocenters. The largest absolute Gasteiger partial charge is 0.351 e. The highest BCUT2D eigenvalue weighted by atomic mass is 35.5. The minimum atomic E-state index is -0.674. The highest BCUT2D eigenvalue weighted by Crippen LogP contribution is 2.38. The van der Waals surface area contributed by atoms with Gasteiger partial charge in [-0.1, -0.05) is 31.5 Å². The molecule has 0 bridgehead atoms. The first kappa shape index (κ1) is 25.9. The first-order valence-electron chi connectivity index (χ1n) is 11.6. The molecule has 0 saturated carbocycles. The molecule has 0 fully saturated rings. The smallest absolute Gasteiger partial charge is 0.253 e. The number of nitrogens with zero attached hydrogens (tertiary/aromatic N) is 3. The number of rotatable bonds is 7. The lowest BCUT2D eigenvalue weighted by Gasteiger charge is -2.25. The number of carbonyl (C=O) groups excluding carboxylic acids is 2. The van der Waals surface area contributed by atoms with Crippen LogP contribution in [0.5, 0.6) is 0 Å². The topological polar surface area (TPSA) is 132 Å². The van der Waals surface area contributed by atoms with Crippen LogP contribution in [0.2, 0.25) is 5.02 Å². The molecule has 1 aliphatic heterocycles. The zero-order chi connectivity index (χ0) is 26.6. The number of fused-ring (bicyclic) bond motifs is 1. The van der Waals surface area contributed by atoms with Crippen LogP contribution in [-0.4, -0.2) is 28.3 Å². The van der Waals surface area contributed by atoms with Crippen molar-refractivity contribution in [1.82, 2.24) is 15.3 Å². The van der Waals surface area contributed by atoms with Crippen LogP contribution in [0.25, 0.3) is 0 Å². The van der Waals surface area contributed by atoms with Gasteiger partial charge in [-0.05, 0) is 47.7 Å². The average Bonchev–Trinajstić information content (AvgIpc) is 2.97. The number of anilines is 5. The Morgan fingerprint density at radius 1 is 1.27 bits per heavy atom. The van der Waals surface area contributed by atoms with Crippen molar-refractivity contribution in [3.63, 3.8) is 0 Å². The summed E-state index contributed by atoms with van der Waals surface area (Å²) in [5.74, 6) is -0.945. The Hall–Kier alpha value is -4.23. The zero-order valence-electron chi connectivity index (χ0n) is 20.3. The van der Waals surface area contributed by atoms with Gasteiger partial charge in [-0.25, -0.2) is 9.37 Å². The van der Waals surface area contributed by atoms with E-state index < -0.39 is 11.7 Å². The number of nitriles is 1. The summed E-state index contributed by atoms with van der Waals surface area (Å²) < 4.78 is 14.7. The third kappa shape index (κ3) is 5.95. The average molecular weight is 522 g/mol. The quantitative estimate of drug-likeness (QED) is 0.306. The van der Waals surface area contributed by atoms with Crippen LogP contribution < -0.4 is 21.3 Å². The van der Waals surface area contributed by atoms with Crippen LogP contribution in [0.4, 0.5) is 33.2 Å². The highest BCUT2D eigenvalue weighted by molar-refractivity contribution is 6.33. The predicted octanol–water partition coefficient (Wildman–Crippen LogP) is 5.41. The van der Waals surface area contributed by atoms with E-state index in [0.717, 1.165) is 11.3 Å². The molecule has 0 aliphatic carbocycles. The Bertz CT molecular complexity index is 1400. The van der Waals surface area contributed by atoms with Crippen LogP contribution in [0.15, 0.2) is 42.6 Å². The Morgan fingerprint density at radius 2 is 2.08 bits per heavy atom. The van der Waals surface area contributed by atoms with E-state index in [9.17, 15) is 14.0 Å². The summed E-state index contributed by atoms with van der Waals surface area (Å²) in [4.78, 5) is 33.2. The van der Waals surface area contributed by atoms with Crippen LogP contribution in [-0.2, 0) is 10.2 Å². The third-order valence-corrected chi connectivity index (χ3v) is 6.30. The number of hydrogen-bond acceptors (Lipinski definition) is 7. The molecule has 1 aliphatic rings. The molecule has 0 radical (unpaired) electrons. The van der Waals surface area contributed by atoms with Crippen molar-refractivity contribution in [2.24, 2.45) is 0 Å². The minimum Gasteiger partial charge on any atom is -0.351 e. The van der Waals surface area contributed by atoms with Crippen molar-refractivity contribution in [3.8, 4) is 6.07 Å². The summed E-state index contributed by atoms with van der Waals surface area (Å²) in [5, 5.41) is 20.3. The number of halogens is 2. The van der Waals surface area contributed by atoms with E-state index in [4.69, 9.17) is 16.9 Å². The molecular weight excluding hydrogens is 497 g/mol. The molecule has 11 heteroatoms. The fourth-order valence-corrected chi connectivity index (χ4v) is 4.13. The second-order valence-electron chi connectivity index (χ2n) is 9.16. The first-order valence-corrected chi connectivity index (χ1v) is 12.0. The molecule has 1 aromatic heterocycles. The second-order valence-corrected chi connectivity index (χ2v) is 9.57. The lowest BCUT2D eigenvalue weighted by atomic mass is 9.80. The Morgan fingerprint density at radius 3 is 2.86 bits per heavy atom. The standard InChI is InChI=1S/C26H25ClFN7O2/c1-26(2)10-9-21(36)33-20-8-7-15(13-17(20)26)32-25-31-14-18(27)23(35-25)34-22-16(5-3-6-19(22)28)24(37)30-12-4-11-29/h3,5-8,13-14H,4,9-10,12H2,1-2H3,(H,30,37)(H,33,36)(H2,31,32,34,35). The van der Waals surface area contributed by atoms with Crippen LogP contribution in [0, 0.1) is 17.1 Å². The first-order chi connectivity index (χ1) is 17.7. The molecule has 4 rings (SSSR count). The Labute approximate surface area is 218 Å². The van der Waals surface area contributed by atoms with Gasteiger partial charge in [0.05, 0.1) is 29.9 Å². The lowest BCUT2D eigenvalue weighted by Crippen LogP contribution is -2.25. The summed E-state index contributed by atoms with van der Waals surface area (Å²) in [7, 11) is 0. The van der Waals surface area contributed by atoms with Crippen LogP contribution in [0.1, 0.15) is 49.0 Å². The van der Waals surface area contributed by atoms with Gasteiger partial charge in [-0.2, -0.15) is 10.2 Å². The number of hydrogen-bond donors (Lipinski definition) is 4. The summed E-state index contributed by atoms with van der Waals surface area (Å²) in [6.45, 7) is 4.30. The molecule has 3 aromatic rings. The van der Waals surface area contributed by atoms with E-state index in [1.807, 2.05) is 18.2 Å². The van der Waals surface area contributed by atoms with E-state index in [1.54, 1.807) is 6.07 Å². The number of nitrogens with one attached hydrogen (secondary N) is 4. The summed E-state index contributed by atoms with van der Waals surface area (Å²) in [6.07, 6.45) is 2.63. The fraction of sp³-hybridized carbons (Fsp3) is 0.269. The van der Waals surface area contributed by atoms with Gasteiger partial charge in [0, 0.05) is 24.3 Å². The van der Waals surface area contributed by atoms with E-state index in [2.05, 4.69) is 45.1 Å². The number of benzene rings is 2. The number of para-hydroxylation sites is 1. The van der Waals surface area contributed by atoms with Crippen LogP contribution >= 0.6 is 11.6 Å². The Kier molecular flexibility index (Phi) is 7.55. The zero-order valence-corrected chi connectivity index (χ0v) is 21.0. The predicted molar refractivity (Wildman–Crippen MR) is 140 cm³/mol.